The average Bonchev–Trinajstić information content (AvgIpc) is 2.46. The molecule has 3 atom stereocenters. The summed E-state index contributed by atoms with van der Waals surface area (Å²) in [5.41, 5.74) is 0. The van der Waals surface area contributed by atoms with Crippen LogP contribution in [0.2, 0.25) is 0 Å². The first-order valence-corrected chi connectivity index (χ1v) is 7.95. The van der Waals surface area contributed by atoms with Crippen molar-refractivity contribution in [3.8, 4) is 0 Å². The minimum Gasteiger partial charge on any atom is -0.468 e. The molecule has 0 aromatic rings. The van der Waals surface area contributed by atoms with E-state index in [1.807, 2.05) is 6.92 Å². The first-order valence-electron chi connectivity index (χ1n) is 7.95. The van der Waals surface area contributed by atoms with Gasteiger partial charge >= 0.3 is 5.97 Å². The summed E-state index contributed by atoms with van der Waals surface area (Å²) in [6, 6.07) is 0.984. The normalized spacial score (nSPS) is 29.8. The molecule has 0 amide bonds. The molecule has 2 fully saturated rings. The molecule has 0 aromatic heterocycles. The number of nitrogens with zero attached hydrogens (tertiary/aromatic N) is 2. The summed E-state index contributed by atoms with van der Waals surface area (Å²) in [6.45, 7) is 9.30. The van der Waals surface area contributed by atoms with Gasteiger partial charge in [0.05, 0.1) is 7.11 Å². The second kappa shape index (κ2) is 7.38. The van der Waals surface area contributed by atoms with Gasteiger partial charge in [0, 0.05) is 31.7 Å². The molecule has 0 aromatic carbocycles. The van der Waals surface area contributed by atoms with Crippen LogP contribution in [-0.4, -0.2) is 73.7 Å². The number of hydrogen-bond acceptors (Lipinski definition) is 5. The lowest BCUT2D eigenvalue weighted by Crippen LogP contribution is -2.61. The predicted molar refractivity (Wildman–Crippen MR) is 79.7 cm³/mol. The van der Waals surface area contributed by atoms with E-state index in [4.69, 9.17) is 4.74 Å². The van der Waals surface area contributed by atoms with Crippen LogP contribution in [0.3, 0.4) is 0 Å². The summed E-state index contributed by atoms with van der Waals surface area (Å²) in [5.74, 6) is -0.148. The summed E-state index contributed by atoms with van der Waals surface area (Å²) in [6.07, 6.45) is 3.98. The lowest BCUT2D eigenvalue weighted by molar-refractivity contribution is -0.144. The van der Waals surface area contributed by atoms with Gasteiger partial charge in [0.25, 0.3) is 0 Å². The number of carbonyl (C=O) groups is 1. The first-order chi connectivity index (χ1) is 9.65. The number of likely N-dealkylation sites (N-methyl/N-ethyl adjacent to an activating group) is 1. The van der Waals surface area contributed by atoms with Crippen LogP contribution in [0.4, 0.5) is 0 Å². The van der Waals surface area contributed by atoms with Crippen LogP contribution in [-0.2, 0) is 9.53 Å². The Balaban J connectivity index is 1.94. The minimum absolute atomic E-state index is 0.148. The van der Waals surface area contributed by atoms with Crippen molar-refractivity contribution >= 4 is 5.97 Å². The third kappa shape index (κ3) is 3.71. The molecule has 2 rings (SSSR count). The van der Waals surface area contributed by atoms with Crippen LogP contribution in [0.15, 0.2) is 0 Å². The molecule has 0 spiro atoms. The monoisotopic (exact) mass is 283 g/mol. The molecule has 2 heterocycles. The third-order valence-electron chi connectivity index (χ3n) is 4.67. The van der Waals surface area contributed by atoms with Crippen LogP contribution in [0, 0.1) is 0 Å². The zero-order valence-electron chi connectivity index (χ0n) is 13.1. The maximum Gasteiger partial charge on any atom is 0.324 e. The molecular weight excluding hydrogens is 254 g/mol. The zero-order chi connectivity index (χ0) is 14.5. The van der Waals surface area contributed by atoms with Crippen molar-refractivity contribution in [1.29, 1.82) is 0 Å². The average molecular weight is 283 g/mol. The smallest absolute Gasteiger partial charge is 0.324 e. The summed E-state index contributed by atoms with van der Waals surface area (Å²) < 4.78 is 4.91. The van der Waals surface area contributed by atoms with Crippen molar-refractivity contribution in [2.24, 2.45) is 0 Å². The molecule has 3 unspecified atom stereocenters. The maximum absolute atomic E-state index is 11.8. The first kappa shape index (κ1) is 15.7. The molecule has 1 N–H and O–H groups in total. The highest BCUT2D eigenvalue weighted by Gasteiger charge is 2.34. The van der Waals surface area contributed by atoms with Gasteiger partial charge in [-0.1, -0.05) is 13.3 Å². The summed E-state index contributed by atoms with van der Waals surface area (Å²) in [7, 11) is 1.47. The van der Waals surface area contributed by atoms with Crippen LogP contribution in [0.5, 0.6) is 0 Å². The van der Waals surface area contributed by atoms with E-state index in [1.54, 1.807) is 0 Å². The number of piperazine rings is 1. The van der Waals surface area contributed by atoms with Gasteiger partial charge in [-0.25, -0.2) is 0 Å². The maximum atomic E-state index is 11.8. The molecule has 20 heavy (non-hydrogen) atoms. The lowest BCUT2D eigenvalue weighted by atomic mass is 9.97. The van der Waals surface area contributed by atoms with Crippen LogP contribution in [0.1, 0.15) is 33.1 Å². The second-order valence-corrected chi connectivity index (χ2v) is 6.08. The summed E-state index contributed by atoms with van der Waals surface area (Å²) >= 11 is 0. The van der Waals surface area contributed by atoms with Gasteiger partial charge < -0.3 is 10.1 Å². The van der Waals surface area contributed by atoms with E-state index in [0.29, 0.717) is 12.1 Å². The number of carbonyl (C=O) groups excluding carboxylic acids is 1. The van der Waals surface area contributed by atoms with Gasteiger partial charge in [0.1, 0.15) is 6.04 Å². The fourth-order valence-corrected chi connectivity index (χ4v) is 3.51. The van der Waals surface area contributed by atoms with Crippen molar-refractivity contribution < 1.29 is 9.53 Å². The highest BCUT2D eigenvalue weighted by Crippen LogP contribution is 2.24. The minimum atomic E-state index is -0.206. The van der Waals surface area contributed by atoms with Crippen LogP contribution in [0.25, 0.3) is 0 Å². The van der Waals surface area contributed by atoms with Gasteiger partial charge in [0.15, 0.2) is 0 Å². The number of methoxy groups -OCH3 is 1. The molecular formula is C15H29N3O2. The van der Waals surface area contributed by atoms with E-state index in [0.717, 1.165) is 26.2 Å². The highest BCUT2D eigenvalue weighted by atomic mass is 16.5. The Morgan fingerprint density at radius 1 is 1.40 bits per heavy atom. The Morgan fingerprint density at radius 2 is 2.20 bits per heavy atom. The van der Waals surface area contributed by atoms with Crippen molar-refractivity contribution in [2.75, 3.05) is 39.8 Å². The van der Waals surface area contributed by atoms with Crippen molar-refractivity contribution in [3.05, 3.63) is 0 Å². The van der Waals surface area contributed by atoms with E-state index in [9.17, 15) is 4.79 Å². The Kier molecular flexibility index (Phi) is 5.81. The van der Waals surface area contributed by atoms with E-state index >= 15 is 0 Å². The number of esters is 1. The van der Waals surface area contributed by atoms with E-state index in [2.05, 4.69) is 22.0 Å². The quantitative estimate of drug-likeness (QED) is 0.752. The molecule has 0 saturated carbocycles. The molecule has 0 aliphatic carbocycles. The summed E-state index contributed by atoms with van der Waals surface area (Å²) in [5, 5.41) is 3.24. The Morgan fingerprint density at radius 3 is 2.90 bits per heavy atom. The number of hydrogen-bond donors (Lipinski definition) is 1. The Bertz CT molecular complexity index is 324. The Hall–Kier alpha value is -0.650. The van der Waals surface area contributed by atoms with Crippen molar-refractivity contribution in [3.63, 3.8) is 0 Å². The number of ether oxygens (including phenoxy) is 1. The second-order valence-electron chi connectivity index (χ2n) is 6.08. The largest absolute Gasteiger partial charge is 0.468 e. The third-order valence-corrected chi connectivity index (χ3v) is 4.67. The highest BCUT2D eigenvalue weighted by molar-refractivity contribution is 5.75. The van der Waals surface area contributed by atoms with Crippen LogP contribution < -0.4 is 5.32 Å². The fraction of sp³-hybridized carbons (Fsp3) is 0.933. The van der Waals surface area contributed by atoms with E-state index in [-0.39, 0.29) is 12.0 Å². The molecule has 2 saturated heterocycles. The van der Waals surface area contributed by atoms with Crippen LogP contribution >= 0.6 is 0 Å². The number of rotatable bonds is 5. The van der Waals surface area contributed by atoms with E-state index in [1.165, 1.54) is 32.9 Å². The standard InChI is InChI=1S/C15H29N3O2/c1-4-16-14(15(19)20-3)11-18-10-13-7-5-6-8-17(13)9-12(18)2/h12-14,16H,4-11H2,1-3H3. The number of nitrogens with one attached hydrogen (secondary N) is 1. The molecule has 2 aliphatic rings. The SMILES string of the molecule is CCNC(CN1CC2CCCCN2CC1C)C(=O)OC. The summed E-state index contributed by atoms with van der Waals surface area (Å²) in [4.78, 5) is 16.9. The fourth-order valence-electron chi connectivity index (χ4n) is 3.51. The molecule has 2 aliphatic heterocycles. The molecule has 0 bridgehead atoms. The number of fused-ring (bicyclic) bond motifs is 1. The van der Waals surface area contributed by atoms with Gasteiger partial charge in [0.2, 0.25) is 0 Å². The topological polar surface area (TPSA) is 44.8 Å². The van der Waals surface area contributed by atoms with Crippen molar-refractivity contribution in [2.45, 2.75) is 51.2 Å². The van der Waals surface area contributed by atoms with E-state index < -0.39 is 0 Å². The zero-order valence-corrected chi connectivity index (χ0v) is 13.1. The van der Waals surface area contributed by atoms with Gasteiger partial charge in [-0.3, -0.25) is 14.6 Å². The van der Waals surface area contributed by atoms with Gasteiger partial charge in [-0.05, 0) is 32.9 Å². The lowest BCUT2D eigenvalue weighted by Gasteiger charge is -2.48. The van der Waals surface area contributed by atoms with Gasteiger partial charge in [-0.15, -0.1) is 0 Å². The molecule has 0 radical (unpaired) electrons. The molecule has 5 nitrogen and oxygen atoms in total. The van der Waals surface area contributed by atoms with Crippen molar-refractivity contribution in [1.82, 2.24) is 15.1 Å². The Labute approximate surface area is 122 Å². The molecule has 5 heteroatoms. The predicted octanol–water partition coefficient (Wildman–Crippen LogP) is 0.696. The van der Waals surface area contributed by atoms with Gasteiger partial charge in [-0.2, -0.15) is 0 Å². The number of piperidine rings is 1. The molecule has 116 valence electrons.